The van der Waals surface area contributed by atoms with Crippen molar-refractivity contribution in [2.45, 2.75) is 32.7 Å². The first-order valence-electron chi connectivity index (χ1n) is 6.52. The van der Waals surface area contributed by atoms with Gasteiger partial charge < -0.3 is 15.2 Å². The summed E-state index contributed by atoms with van der Waals surface area (Å²) in [5.41, 5.74) is 0.241. The van der Waals surface area contributed by atoms with E-state index in [1.54, 1.807) is 33.9 Å². The molecule has 0 aromatic heterocycles. The van der Waals surface area contributed by atoms with Crippen LogP contribution in [0.25, 0.3) is 0 Å². The standard InChI is InChI=1S/C14H20N2O5/c1-9-7-10(2)12(8-11(9)16(19)20)21-6-5-14(3,15-4)13(17)18/h7-8,15H,5-6H2,1-4H3,(H,17,18). The summed E-state index contributed by atoms with van der Waals surface area (Å²) in [7, 11) is 1.57. The average Bonchev–Trinajstić information content (AvgIpc) is 2.40. The van der Waals surface area contributed by atoms with Crippen molar-refractivity contribution < 1.29 is 19.6 Å². The van der Waals surface area contributed by atoms with E-state index in [0.29, 0.717) is 11.3 Å². The molecule has 0 aliphatic carbocycles. The molecule has 1 unspecified atom stereocenters. The maximum atomic E-state index is 11.1. The summed E-state index contributed by atoms with van der Waals surface area (Å²) in [6.45, 7) is 5.16. The first-order chi connectivity index (χ1) is 9.71. The Balaban J connectivity index is 2.83. The van der Waals surface area contributed by atoms with Gasteiger partial charge in [0.1, 0.15) is 11.3 Å². The van der Waals surface area contributed by atoms with Gasteiger partial charge in [0.05, 0.1) is 17.6 Å². The van der Waals surface area contributed by atoms with Crippen LogP contribution in [0.2, 0.25) is 0 Å². The van der Waals surface area contributed by atoms with Gasteiger partial charge in [-0.2, -0.15) is 0 Å². The van der Waals surface area contributed by atoms with Crippen molar-refractivity contribution in [2.24, 2.45) is 0 Å². The van der Waals surface area contributed by atoms with Crippen LogP contribution in [0.1, 0.15) is 24.5 Å². The number of benzene rings is 1. The largest absolute Gasteiger partial charge is 0.493 e. The Kier molecular flexibility index (Phi) is 5.26. The molecule has 1 aromatic rings. The average molecular weight is 296 g/mol. The number of aryl methyl sites for hydroxylation is 2. The minimum atomic E-state index is -1.09. The van der Waals surface area contributed by atoms with E-state index < -0.39 is 16.4 Å². The molecule has 0 aliphatic heterocycles. The maximum absolute atomic E-state index is 11.1. The first kappa shape index (κ1) is 16.9. The Hall–Kier alpha value is -2.15. The molecule has 0 fully saturated rings. The van der Waals surface area contributed by atoms with Crippen LogP contribution in [0.5, 0.6) is 5.75 Å². The lowest BCUT2D eigenvalue weighted by Gasteiger charge is -2.24. The molecule has 0 radical (unpaired) electrons. The minimum absolute atomic E-state index is 0.00906. The van der Waals surface area contributed by atoms with Crippen LogP contribution in [0.15, 0.2) is 12.1 Å². The summed E-state index contributed by atoms with van der Waals surface area (Å²) in [4.78, 5) is 21.6. The Labute approximate surface area is 123 Å². The zero-order valence-corrected chi connectivity index (χ0v) is 12.6. The molecule has 0 bridgehead atoms. The topological polar surface area (TPSA) is 102 Å². The van der Waals surface area contributed by atoms with Gasteiger partial charge in [0.15, 0.2) is 0 Å². The fourth-order valence-corrected chi connectivity index (χ4v) is 1.88. The molecular weight excluding hydrogens is 276 g/mol. The van der Waals surface area contributed by atoms with Crippen LogP contribution in [0, 0.1) is 24.0 Å². The van der Waals surface area contributed by atoms with E-state index in [0.717, 1.165) is 5.56 Å². The molecule has 7 nitrogen and oxygen atoms in total. The van der Waals surface area contributed by atoms with E-state index in [-0.39, 0.29) is 18.7 Å². The normalized spacial score (nSPS) is 13.5. The van der Waals surface area contributed by atoms with Crippen LogP contribution in [-0.2, 0) is 4.79 Å². The monoisotopic (exact) mass is 296 g/mol. The van der Waals surface area contributed by atoms with Crippen LogP contribution in [0.3, 0.4) is 0 Å². The van der Waals surface area contributed by atoms with E-state index in [2.05, 4.69) is 5.32 Å². The Morgan fingerprint density at radius 3 is 2.52 bits per heavy atom. The lowest BCUT2D eigenvalue weighted by molar-refractivity contribution is -0.385. The highest BCUT2D eigenvalue weighted by Crippen LogP contribution is 2.28. The van der Waals surface area contributed by atoms with E-state index in [4.69, 9.17) is 9.84 Å². The van der Waals surface area contributed by atoms with Crippen LogP contribution < -0.4 is 10.1 Å². The van der Waals surface area contributed by atoms with Crippen LogP contribution in [-0.4, -0.2) is 35.2 Å². The Morgan fingerprint density at radius 2 is 2.05 bits per heavy atom. The van der Waals surface area contributed by atoms with Gasteiger partial charge in [0, 0.05) is 12.0 Å². The van der Waals surface area contributed by atoms with Gasteiger partial charge in [0.2, 0.25) is 0 Å². The smallest absolute Gasteiger partial charge is 0.323 e. The number of ether oxygens (including phenoxy) is 1. The molecule has 1 aromatic carbocycles. The quantitative estimate of drug-likeness (QED) is 0.589. The number of carbonyl (C=O) groups is 1. The molecular formula is C14H20N2O5. The number of carboxylic acids is 1. The number of aliphatic carboxylic acids is 1. The highest BCUT2D eigenvalue weighted by atomic mass is 16.6. The summed E-state index contributed by atoms with van der Waals surface area (Å²) in [6.07, 6.45) is 0.236. The van der Waals surface area contributed by atoms with E-state index in [1.165, 1.54) is 6.07 Å². The van der Waals surface area contributed by atoms with Gasteiger partial charge in [-0.05, 0) is 39.4 Å². The third-order valence-electron chi connectivity index (χ3n) is 3.57. The number of nitrogens with one attached hydrogen (secondary N) is 1. The van der Waals surface area contributed by atoms with Crippen molar-refractivity contribution in [3.8, 4) is 5.75 Å². The number of nitro benzene ring substituents is 1. The number of nitro groups is 1. The van der Waals surface area contributed by atoms with Gasteiger partial charge in [-0.3, -0.25) is 14.9 Å². The molecule has 0 heterocycles. The van der Waals surface area contributed by atoms with E-state index >= 15 is 0 Å². The van der Waals surface area contributed by atoms with Crippen LogP contribution in [0.4, 0.5) is 5.69 Å². The maximum Gasteiger partial charge on any atom is 0.323 e. The predicted molar refractivity (Wildman–Crippen MR) is 77.8 cm³/mol. The number of likely N-dealkylation sites (N-methyl/N-ethyl adjacent to an activating group) is 1. The van der Waals surface area contributed by atoms with Crippen LogP contribution >= 0.6 is 0 Å². The summed E-state index contributed by atoms with van der Waals surface area (Å²) in [6, 6.07) is 3.06. The second-order valence-electron chi connectivity index (χ2n) is 5.15. The SMILES string of the molecule is CNC(C)(CCOc1cc([N+](=O)[O-])c(C)cc1C)C(=O)O. The van der Waals surface area contributed by atoms with Gasteiger partial charge in [0.25, 0.3) is 5.69 Å². The Bertz CT molecular complexity index is 559. The zero-order valence-electron chi connectivity index (χ0n) is 12.6. The van der Waals surface area contributed by atoms with Crippen molar-refractivity contribution in [1.82, 2.24) is 5.32 Å². The highest BCUT2D eigenvalue weighted by molar-refractivity contribution is 5.78. The fourth-order valence-electron chi connectivity index (χ4n) is 1.88. The lowest BCUT2D eigenvalue weighted by atomic mass is 9.99. The summed E-state index contributed by atoms with van der Waals surface area (Å²) >= 11 is 0. The molecule has 1 atom stereocenters. The van der Waals surface area contributed by atoms with Crippen molar-refractivity contribution in [1.29, 1.82) is 0 Å². The predicted octanol–water partition coefficient (Wildman–Crippen LogP) is 2.04. The molecule has 2 N–H and O–H groups in total. The minimum Gasteiger partial charge on any atom is -0.493 e. The molecule has 0 saturated heterocycles. The number of nitrogens with zero attached hydrogens (tertiary/aromatic N) is 1. The van der Waals surface area contributed by atoms with Crippen molar-refractivity contribution in [2.75, 3.05) is 13.7 Å². The van der Waals surface area contributed by atoms with E-state index in [9.17, 15) is 14.9 Å². The second-order valence-corrected chi connectivity index (χ2v) is 5.15. The van der Waals surface area contributed by atoms with Gasteiger partial charge in [-0.15, -0.1) is 0 Å². The van der Waals surface area contributed by atoms with Crippen molar-refractivity contribution in [3.05, 3.63) is 33.4 Å². The lowest BCUT2D eigenvalue weighted by Crippen LogP contribution is -2.48. The van der Waals surface area contributed by atoms with Gasteiger partial charge >= 0.3 is 5.97 Å². The summed E-state index contributed by atoms with van der Waals surface area (Å²) in [5.74, 6) is -0.573. The van der Waals surface area contributed by atoms with Crippen molar-refractivity contribution >= 4 is 11.7 Å². The Morgan fingerprint density at radius 1 is 1.43 bits per heavy atom. The number of carboxylic acid groups (broad SMARTS) is 1. The molecule has 0 aliphatic rings. The zero-order chi connectivity index (χ0) is 16.2. The molecule has 0 saturated carbocycles. The fraction of sp³-hybridized carbons (Fsp3) is 0.500. The van der Waals surface area contributed by atoms with Gasteiger partial charge in [-0.1, -0.05) is 0 Å². The highest BCUT2D eigenvalue weighted by Gasteiger charge is 2.31. The van der Waals surface area contributed by atoms with Gasteiger partial charge in [-0.25, -0.2) is 0 Å². The summed E-state index contributed by atoms with van der Waals surface area (Å²) in [5, 5.41) is 22.8. The third kappa shape index (κ3) is 3.91. The van der Waals surface area contributed by atoms with E-state index in [1.807, 2.05) is 0 Å². The van der Waals surface area contributed by atoms with Crippen molar-refractivity contribution in [3.63, 3.8) is 0 Å². The number of hydrogen-bond donors (Lipinski definition) is 2. The second kappa shape index (κ2) is 6.53. The molecule has 0 amide bonds. The molecule has 7 heteroatoms. The third-order valence-corrected chi connectivity index (χ3v) is 3.57. The molecule has 116 valence electrons. The number of rotatable bonds is 7. The molecule has 0 spiro atoms. The summed E-state index contributed by atoms with van der Waals surface area (Å²) < 4.78 is 5.52. The molecule has 21 heavy (non-hydrogen) atoms. The number of hydrogen-bond acceptors (Lipinski definition) is 5. The first-order valence-corrected chi connectivity index (χ1v) is 6.52. The molecule has 1 rings (SSSR count).